The van der Waals surface area contributed by atoms with Gasteiger partial charge in [-0.2, -0.15) is 10.1 Å². The summed E-state index contributed by atoms with van der Waals surface area (Å²) in [5.74, 6) is 0.852. The molecular formula is C24H25ClN6O4. The molecule has 182 valence electrons. The highest BCUT2D eigenvalue weighted by Gasteiger charge is 2.21. The largest absolute Gasteiger partial charge is 0.491 e. The van der Waals surface area contributed by atoms with Gasteiger partial charge < -0.3 is 14.4 Å². The minimum atomic E-state index is -0.977. The smallest absolute Gasteiger partial charge is 0.332 e. The van der Waals surface area contributed by atoms with E-state index in [9.17, 15) is 14.7 Å². The van der Waals surface area contributed by atoms with Crippen LogP contribution in [0.15, 0.2) is 63.2 Å². The molecule has 10 nitrogen and oxygen atoms in total. The molecule has 2 N–H and O–H groups in total. The first-order chi connectivity index (χ1) is 16.8. The molecule has 0 aliphatic rings. The van der Waals surface area contributed by atoms with Gasteiger partial charge in [-0.3, -0.25) is 13.9 Å². The molecule has 4 rings (SSSR count). The van der Waals surface area contributed by atoms with Crippen LogP contribution in [0.3, 0.4) is 0 Å². The van der Waals surface area contributed by atoms with Gasteiger partial charge in [0.25, 0.3) is 5.56 Å². The summed E-state index contributed by atoms with van der Waals surface area (Å²) in [5.41, 5.74) is 3.85. The number of aliphatic hydroxyl groups is 1. The highest BCUT2D eigenvalue weighted by Crippen LogP contribution is 2.19. The Bertz CT molecular complexity index is 1500. The summed E-state index contributed by atoms with van der Waals surface area (Å²) in [6.45, 7) is 1.88. The van der Waals surface area contributed by atoms with Crippen LogP contribution in [0.1, 0.15) is 11.1 Å². The standard InChI is InChI=1S/C24H25ClN6O4/c1-15-6-4-5-7-19(15)35-14-18(32)13-31-20-21(29(2)24(34)30(3)22(20)33)27-23(31)28-26-12-16-8-10-17(25)11-9-16/h4-12,18,32H,13-14H2,1-3H3,(H,27,28)/b26-12-. The highest BCUT2D eigenvalue weighted by atomic mass is 35.5. The van der Waals surface area contributed by atoms with E-state index in [-0.39, 0.29) is 30.3 Å². The summed E-state index contributed by atoms with van der Waals surface area (Å²) in [6.07, 6.45) is 0.587. The Kier molecular flexibility index (Phi) is 7.04. The molecule has 0 aliphatic heterocycles. The SMILES string of the molecule is Cc1ccccc1OCC(O)Cn1c(N/N=C\c2ccc(Cl)cc2)nc2c1c(=O)n(C)c(=O)n2C. The lowest BCUT2D eigenvalue weighted by Gasteiger charge is -2.16. The topological polar surface area (TPSA) is 116 Å². The number of halogens is 1. The number of hydrogen-bond donors (Lipinski definition) is 2. The first-order valence-corrected chi connectivity index (χ1v) is 11.2. The van der Waals surface area contributed by atoms with E-state index >= 15 is 0 Å². The minimum Gasteiger partial charge on any atom is -0.491 e. The zero-order chi connectivity index (χ0) is 25.1. The van der Waals surface area contributed by atoms with Gasteiger partial charge in [0, 0.05) is 19.1 Å². The predicted octanol–water partition coefficient (Wildman–Crippen LogP) is 2.28. The minimum absolute atomic E-state index is 0.00983. The number of ether oxygens (including phenoxy) is 1. The zero-order valence-corrected chi connectivity index (χ0v) is 20.2. The number of para-hydroxylation sites is 1. The van der Waals surface area contributed by atoms with Gasteiger partial charge in [-0.05, 0) is 36.2 Å². The molecule has 0 amide bonds. The molecule has 0 bridgehead atoms. The third-order valence-electron chi connectivity index (χ3n) is 5.51. The van der Waals surface area contributed by atoms with Crippen LogP contribution in [0.5, 0.6) is 5.75 Å². The molecule has 0 spiro atoms. The zero-order valence-electron chi connectivity index (χ0n) is 19.5. The highest BCUT2D eigenvalue weighted by molar-refractivity contribution is 6.30. The lowest BCUT2D eigenvalue weighted by molar-refractivity contribution is 0.0935. The molecule has 1 atom stereocenters. The Hall–Kier alpha value is -3.89. The number of hydrazone groups is 1. The molecule has 35 heavy (non-hydrogen) atoms. The van der Waals surface area contributed by atoms with E-state index in [1.54, 1.807) is 30.5 Å². The average molecular weight is 497 g/mol. The number of imidazole rings is 1. The maximum atomic E-state index is 13.0. The molecule has 2 aromatic heterocycles. The number of fused-ring (bicyclic) bond motifs is 1. The first kappa shape index (κ1) is 24.2. The summed E-state index contributed by atoms with van der Waals surface area (Å²) >= 11 is 5.92. The van der Waals surface area contributed by atoms with Crippen molar-refractivity contribution in [3.8, 4) is 5.75 Å². The van der Waals surface area contributed by atoms with Crippen molar-refractivity contribution in [3.05, 3.63) is 85.5 Å². The number of nitrogens with one attached hydrogen (secondary N) is 1. The number of anilines is 1. The molecule has 0 saturated carbocycles. The molecule has 0 fully saturated rings. The van der Waals surface area contributed by atoms with E-state index < -0.39 is 17.4 Å². The second kappa shape index (κ2) is 10.2. The van der Waals surface area contributed by atoms with Crippen LogP contribution >= 0.6 is 11.6 Å². The van der Waals surface area contributed by atoms with Crippen molar-refractivity contribution in [1.29, 1.82) is 0 Å². The van der Waals surface area contributed by atoms with Crippen LogP contribution in [0, 0.1) is 6.92 Å². The van der Waals surface area contributed by atoms with Crippen molar-refractivity contribution in [2.45, 2.75) is 19.6 Å². The second-order valence-corrected chi connectivity index (χ2v) is 8.51. The lowest BCUT2D eigenvalue weighted by Crippen LogP contribution is -2.38. The van der Waals surface area contributed by atoms with Gasteiger partial charge in [0.15, 0.2) is 11.2 Å². The Balaban J connectivity index is 1.66. The molecular weight excluding hydrogens is 472 g/mol. The van der Waals surface area contributed by atoms with Crippen molar-refractivity contribution < 1.29 is 9.84 Å². The Morgan fingerprint density at radius 3 is 2.57 bits per heavy atom. The Labute approximate surface area is 205 Å². The summed E-state index contributed by atoms with van der Waals surface area (Å²) in [4.78, 5) is 29.8. The maximum absolute atomic E-state index is 13.0. The van der Waals surface area contributed by atoms with E-state index in [4.69, 9.17) is 16.3 Å². The van der Waals surface area contributed by atoms with E-state index in [0.29, 0.717) is 10.8 Å². The number of hydrogen-bond acceptors (Lipinski definition) is 7. The number of rotatable bonds is 8. The van der Waals surface area contributed by atoms with E-state index in [0.717, 1.165) is 15.7 Å². The Morgan fingerprint density at radius 2 is 1.86 bits per heavy atom. The third kappa shape index (κ3) is 5.13. The van der Waals surface area contributed by atoms with Gasteiger partial charge >= 0.3 is 5.69 Å². The quantitative estimate of drug-likeness (QED) is 0.285. The van der Waals surface area contributed by atoms with Gasteiger partial charge in [-0.15, -0.1) is 0 Å². The van der Waals surface area contributed by atoms with E-state index in [2.05, 4.69) is 15.5 Å². The number of benzene rings is 2. The molecule has 0 saturated heterocycles. The molecule has 2 heterocycles. The molecule has 0 aliphatic carbocycles. The van der Waals surface area contributed by atoms with Crippen LogP contribution in [0.25, 0.3) is 11.2 Å². The van der Waals surface area contributed by atoms with Crippen molar-refractivity contribution in [2.75, 3.05) is 12.0 Å². The fourth-order valence-corrected chi connectivity index (χ4v) is 3.72. The molecule has 1 unspecified atom stereocenters. The van der Waals surface area contributed by atoms with E-state index in [1.807, 2.05) is 31.2 Å². The molecule has 0 radical (unpaired) electrons. The fraction of sp³-hybridized carbons (Fsp3) is 0.250. The Morgan fingerprint density at radius 1 is 1.14 bits per heavy atom. The van der Waals surface area contributed by atoms with Crippen LogP contribution in [-0.4, -0.2) is 42.7 Å². The predicted molar refractivity (Wildman–Crippen MR) is 136 cm³/mol. The molecule has 2 aromatic carbocycles. The monoisotopic (exact) mass is 496 g/mol. The van der Waals surface area contributed by atoms with E-state index in [1.165, 1.54) is 23.2 Å². The number of aromatic nitrogens is 4. The van der Waals surface area contributed by atoms with Gasteiger partial charge in [-0.1, -0.05) is 41.9 Å². The van der Waals surface area contributed by atoms with Gasteiger partial charge in [0.1, 0.15) is 18.5 Å². The maximum Gasteiger partial charge on any atom is 0.332 e. The molecule has 4 aromatic rings. The molecule has 11 heteroatoms. The van der Waals surface area contributed by atoms with Crippen molar-refractivity contribution in [3.63, 3.8) is 0 Å². The fourth-order valence-electron chi connectivity index (χ4n) is 3.59. The van der Waals surface area contributed by atoms with Gasteiger partial charge in [0.2, 0.25) is 5.95 Å². The third-order valence-corrected chi connectivity index (χ3v) is 5.77. The van der Waals surface area contributed by atoms with Crippen LogP contribution in [0.4, 0.5) is 5.95 Å². The summed E-state index contributed by atoms with van der Waals surface area (Å²) in [6, 6.07) is 14.5. The average Bonchev–Trinajstić information content (AvgIpc) is 3.20. The normalized spacial score (nSPS) is 12.4. The van der Waals surface area contributed by atoms with Crippen LogP contribution in [-0.2, 0) is 20.6 Å². The van der Waals surface area contributed by atoms with Crippen LogP contribution in [0.2, 0.25) is 5.02 Å². The van der Waals surface area contributed by atoms with Crippen LogP contribution < -0.4 is 21.4 Å². The lowest BCUT2D eigenvalue weighted by atomic mass is 10.2. The van der Waals surface area contributed by atoms with Gasteiger partial charge in [0.05, 0.1) is 12.8 Å². The number of aryl methyl sites for hydroxylation is 2. The van der Waals surface area contributed by atoms with Crippen molar-refractivity contribution in [1.82, 2.24) is 18.7 Å². The number of nitrogens with zero attached hydrogens (tertiary/aromatic N) is 5. The first-order valence-electron chi connectivity index (χ1n) is 10.8. The second-order valence-electron chi connectivity index (χ2n) is 8.08. The van der Waals surface area contributed by atoms with Crippen molar-refractivity contribution in [2.24, 2.45) is 19.2 Å². The van der Waals surface area contributed by atoms with Gasteiger partial charge in [-0.25, -0.2) is 10.2 Å². The van der Waals surface area contributed by atoms with Crippen molar-refractivity contribution >= 4 is 34.9 Å². The summed E-state index contributed by atoms with van der Waals surface area (Å²) in [5, 5.41) is 15.6. The summed E-state index contributed by atoms with van der Waals surface area (Å²) < 4.78 is 9.54. The number of aliphatic hydroxyl groups excluding tert-OH is 1. The summed E-state index contributed by atoms with van der Waals surface area (Å²) in [7, 11) is 2.92.